The van der Waals surface area contributed by atoms with Crippen LogP contribution in [0.15, 0.2) is 35.4 Å². The van der Waals surface area contributed by atoms with Crippen molar-refractivity contribution < 1.29 is 8.42 Å². The summed E-state index contributed by atoms with van der Waals surface area (Å²) in [6.07, 6.45) is 7.94. The fraction of sp³-hybridized carbons (Fsp3) is 0.429. The van der Waals surface area contributed by atoms with Crippen LogP contribution >= 0.6 is 0 Å². The van der Waals surface area contributed by atoms with Crippen LogP contribution in [-0.4, -0.2) is 34.0 Å². The first-order valence-electron chi connectivity index (χ1n) is 10.5. The van der Waals surface area contributed by atoms with Crippen LogP contribution in [0.1, 0.15) is 44.6 Å². The van der Waals surface area contributed by atoms with E-state index in [9.17, 15) is 8.42 Å². The number of hydrogen-bond donors (Lipinski definition) is 3. The molecule has 10 heteroatoms. The maximum atomic E-state index is 12.8. The molecule has 2 aromatic heterocycles. The van der Waals surface area contributed by atoms with E-state index in [-0.39, 0.29) is 10.7 Å². The van der Waals surface area contributed by atoms with Crippen molar-refractivity contribution in [1.29, 1.82) is 0 Å². The van der Waals surface area contributed by atoms with Gasteiger partial charge in [0.05, 0.1) is 10.5 Å². The average Bonchev–Trinajstić information content (AvgIpc) is 3.27. The Labute approximate surface area is 181 Å². The number of pyridine rings is 1. The lowest BCUT2D eigenvalue weighted by Gasteiger charge is -2.26. The van der Waals surface area contributed by atoms with Crippen LogP contribution in [0.3, 0.4) is 0 Å². The molecular formula is C21H27N7O2S. The summed E-state index contributed by atoms with van der Waals surface area (Å²) < 4.78 is 25.5. The highest BCUT2D eigenvalue weighted by molar-refractivity contribution is 7.89. The summed E-state index contributed by atoms with van der Waals surface area (Å²) in [5, 5.41) is 19.8. The lowest BCUT2D eigenvalue weighted by atomic mass is 9.80. The number of sulfonamides is 1. The summed E-state index contributed by atoms with van der Waals surface area (Å²) in [6, 6.07) is 7.13. The van der Waals surface area contributed by atoms with Crippen LogP contribution < -0.4 is 10.9 Å². The molecule has 0 bridgehead atoms. The van der Waals surface area contributed by atoms with Crippen molar-refractivity contribution in [2.24, 2.45) is 17.0 Å². The van der Waals surface area contributed by atoms with E-state index in [1.165, 1.54) is 25.7 Å². The Morgan fingerprint density at radius 2 is 1.90 bits per heavy atom. The van der Waals surface area contributed by atoms with E-state index in [0.717, 1.165) is 12.3 Å². The van der Waals surface area contributed by atoms with Crippen molar-refractivity contribution in [3.05, 3.63) is 36.0 Å². The van der Waals surface area contributed by atoms with Gasteiger partial charge in [-0.3, -0.25) is 0 Å². The lowest BCUT2D eigenvalue weighted by Crippen LogP contribution is -2.18. The van der Waals surface area contributed by atoms with E-state index in [1.807, 2.05) is 12.1 Å². The molecule has 9 nitrogen and oxygen atoms in total. The average molecular weight is 442 g/mol. The fourth-order valence-corrected chi connectivity index (χ4v) is 5.44. The third kappa shape index (κ3) is 4.75. The van der Waals surface area contributed by atoms with Gasteiger partial charge in [0.2, 0.25) is 15.8 Å². The normalized spacial score (nSPS) is 19.4. The number of hydrogen-bond acceptors (Lipinski definition) is 7. The number of benzene rings is 1. The highest BCUT2D eigenvalue weighted by Crippen LogP contribution is 2.38. The van der Waals surface area contributed by atoms with Crippen LogP contribution in [0.4, 0.5) is 5.82 Å². The molecule has 0 aliphatic heterocycles. The van der Waals surface area contributed by atoms with Crippen molar-refractivity contribution >= 4 is 15.8 Å². The molecule has 0 radical (unpaired) electrons. The predicted octanol–water partition coefficient (Wildman–Crippen LogP) is 2.92. The van der Waals surface area contributed by atoms with Gasteiger partial charge in [0.25, 0.3) is 0 Å². The number of nitrogens with zero attached hydrogens (tertiary/aromatic N) is 4. The smallest absolute Gasteiger partial charge is 0.239 e. The van der Waals surface area contributed by atoms with Gasteiger partial charge in [0, 0.05) is 11.8 Å². The SMILES string of the molecule is CC1CCC(CCc2ccc(-c3ccc(N)nc3)c(-c3nn[nH]n3)c2S(N)(=O)=O)CC1. The molecule has 0 atom stereocenters. The predicted molar refractivity (Wildman–Crippen MR) is 118 cm³/mol. The van der Waals surface area contributed by atoms with Crippen molar-refractivity contribution in [2.75, 3.05) is 5.73 Å². The van der Waals surface area contributed by atoms with Gasteiger partial charge >= 0.3 is 0 Å². The number of nitrogens with one attached hydrogen (secondary N) is 1. The molecule has 0 unspecified atom stereocenters. The molecule has 0 spiro atoms. The number of rotatable bonds is 6. The molecule has 1 fully saturated rings. The van der Waals surface area contributed by atoms with Gasteiger partial charge in [-0.05, 0) is 53.2 Å². The highest BCUT2D eigenvalue weighted by Gasteiger charge is 2.27. The molecule has 164 valence electrons. The summed E-state index contributed by atoms with van der Waals surface area (Å²) in [4.78, 5) is 4.18. The van der Waals surface area contributed by atoms with Gasteiger partial charge in [0.1, 0.15) is 5.82 Å². The summed E-state index contributed by atoms with van der Waals surface area (Å²) in [5.74, 6) is 1.91. The second kappa shape index (κ2) is 8.72. The zero-order valence-corrected chi connectivity index (χ0v) is 18.3. The van der Waals surface area contributed by atoms with Gasteiger partial charge in [-0.15, -0.1) is 10.2 Å². The topological polar surface area (TPSA) is 154 Å². The second-order valence-corrected chi connectivity index (χ2v) is 9.89. The molecule has 5 N–H and O–H groups in total. The van der Waals surface area contributed by atoms with E-state index in [4.69, 9.17) is 10.9 Å². The number of tetrazole rings is 1. The van der Waals surface area contributed by atoms with E-state index in [0.29, 0.717) is 40.4 Å². The van der Waals surface area contributed by atoms with E-state index in [2.05, 4.69) is 32.5 Å². The van der Waals surface area contributed by atoms with Crippen LogP contribution in [0, 0.1) is 11.8 Å². The van der Waals surface area contributed by atoms with E-state index in [1.54, 1.807) is 18.3 Å². The summed E-state index contributed by atoms with van der Waals surface area (Å²) in [7, 11) is -4.06. The molecule has 0 saturated heterocycles. The number of aromatic amines is 1. The van der Waals surface area contributed by atoms with Crippen molar-refractivity contribution in [1.82, 2.24) is 25.6 Å². The molecule has 3 aromatic rings. The fourth-order valence-electron chi connectivity index (χ4n) is 4.42. The summed E-state index contributed by atoms with van der Waals surface area (Å²) >= 11 is 0. The quantitative estimate of drug-likeness (QED) is 0.531. The minimum atomic E-state index is -4.06. The number of aromatic nitrogens is 5. The first kappa shape index (κ1) is 21.4. The molecule has 0 amide bonds. The Balaban J connectivity index is 1.79. The van der Waals surface area contributed by atoms with Crippen molar-refractivity contribution in [3.8, 4) is 22.5 Å². The van der Waals surface area contributed by atoms with Crippen LogP contribution in [-0.2, 0) is 16.4 Å². The molecule has 1 aliphatic rings. The van der Waals surface area contributed by atoms with Gasteiger partial charge in [-0.1, -0.05) is 44.7 Å². The number of nitrogen functional groups attached to an aromatic ring is 1. The number of aryl methyl sites for hydroxylation is 1. The van der Waals surface area contributed by atoms with E-state index < -0.39 is 10.0 Å². The molecule has 31 heavy (non-hydrogen) atoms. The molecular weight excluding hydrogens is 414 g/mol. The van der Waals surface area contributed by atoms with Gasteiger partial charge in [-0.2, -0.15) is 5.21 Å². The number of anilines is 1. The van der Waals surface area contributed by atoms with E-state index >= 15 is 0 Å². The van der Waals surface area contributed by atoms with Gasteiger partial charge in [-0.25, -0.2) is 18.5 Å². The van der Waals surface area contributed by atoms with Gasteiger partial charge in [0.15, 0.2) is 0 Å². The lowest BCUT2D eigenvalue weighted by molar-refractivity contribution is 0.277. The number of primary sulfonamides is 1. The zero-order chi connectivity index (χ0) is 22.0. The van der Waals surface area contributed by atoms with Crippen molar-refractivity contribution in [3.63, 3.8) is 0 Å². The Kier molecular flexibility index (Phi) is 6.01. The molecule has 1 aromatic carbocycles. The molecule has 1 saturated carbocycles. The third-order valence-corrected chi connectivity index (χ3v) is 7.18. The Hall–Kier alpha value is -2.85. The monoisotopic (exact) mass is 441 g/mol. The molecule has 2 heterocycles. The summed E-state index contributed by atoms with van der Waals surface area (Å²) in [6.45, 7) is 2.29. The standard InChI is InChI=1S/C21H27N7O2S/c1-13-2-4-14(5-3-13)6-7-15-8-10-17(16-9-11-18(22)24-12-16)19(20(15)31(23,29)30)21-25-27-28-26-21/h8-14H,2-7H2,1H3,(H2,22,24)(H2,23,29,30)(H,25,26,27,28). The number of nitrogens with two attached hydrogens (primary N) is 2. The first-order chi connectivity index (χ1) is 14.8. The van der Waals surface area contributed by atoms with Crippen molar-refractivity contribution in [2.45, 2.75) is 50.3 Å². The maximum absolute atomic E-state index is 12.8. The van der Waals surface area contributed by atoms with Crippen LogP contribution in [0.5, 0.6) is 0 Å². The summed E-state index contributed by atoms with van der Waals surface area (Å²) in [5.41, 5.74) is 8.01. The Bertz CT molecular complexity index is 1140. The molecule has 1 aliphatic carbocycles. The zero-order valence-electron chi connectivity index (χ0n) is 17.5. The largest absolute Gasteiger partial charge is 0.384 e. The minimum Gasteiger partial charge on any atom is -0.384 e. The highest BCUT2D eigenvalue weighted by atomic mass is 32.2. The number of H-pyrrole nitrogens is 1. The third-order valence-electron chi connectivity index (χ3n) is 6.15. The second-order valence-electron chi connectivity index (χ2n) is 8.39. The Morgan fingerprint density at radius 3 is 2.52 bits per heavy atom. The van der Waals surface area contributed by atoms with Crippen LogP contribution in [0.25, 0.3) is 22.5 Å². The van der Waals surface area contributed by atoms with Crippen LogP contribution in [0.2, 0.25) is 0 Å². The first-order valence-corrected chi connectivity index (χ1v) is 12.0. The Morgan fingerprint density at radius 1 is 1.13 bits per heavy atom. The van der Waals surface area contributed by atoms with Gasteiger partial charge < -0.3 is 5.73 Å². The molecule has 4 rings (SSSR count). The maximum Gasteiger partial charge on any atom is 0.239 e. The minimum absolute atomic E-state index is 0.0485.